The van der Waals surface area contributed by atoms with E-state index in [9.17, 15) is 4.79 Å². The number of hydrogen-bond acceptors (Lipinski definition) is 3. The van der Waals surface area contributed by atoms with Crippen LogP contribution < -0.4 is 10.1 Å². The van der Waals surface area contributed by atoms with Crippen LogP contribution >= 0.6 is 0 Å². The molecule has 0 spiro atoms. The number of benzene rings is 1. The van der Waals surface area contributed by atoms with Gasteiger partial charge in [0.05, 0.1) is 13.0 Å². The molecule has 0 radical (unpaired) electrons. The summed E-state index contributed by atoms with van der Waals surface area (Å²) in [7, 11) is 0. The molecule has 0 aliphatic heterocycles. The maximum atomic E-state index is 11.7. The van der Waals surface area contributed by atoms with E-state index in [1.54, 1.807) is 0 Å². The van der Waals surface area contributed by atoms with E-state index in [1.807, 2.05) is 31.2 Å². The number of carbonyl (C=O) groups excluding carboxylic acids is 1. The van der Waals surface area contributed by atoms with E-state index in [1.165, 1.54) is 5.56 Å². The zero-order chi connectivity index (χ0) is 15.5. The van der Waals surface area contributed by atoms with Gasteiger partial charge in [0, 0.05) is 6.54 Å². The summed E-state index contributed by atoms with van der Waals surface area (Å²) in [6.07, 6.45) is 1.39. The highest BCUT2D eigenvalue weighted by Gasteiger charge is 2.03. The van der Waals surface area contributed by atoms with Gasteiger partial charge >= 0.3 is 0 Å². The lowest BCUT2D eigenvalue weighted by Gasteiger charge is -2.17. The highest BCUT2D eigenvalue weighted by Crippen LogP contribution is 2.11. The van der Waals surface area contributed by atoms with Gasteiger partial charge in [0.25, 0.3) is 0 Å². The van der Waals surface area contributed by atoms with Crippen LogP contribution in [0.5, 0.6) is 5.75 Å². The van der Waals surface area contributed by atoms with Crippen molar-refractivity contribution in [1.29, 1.82) is 0 Å². The van der Waals surface area contributed by atoms with Gasteiger partial charge in [0.1, 0.15) is 5.75 Å². The van der Waals surface area contributed by atoms with Crippen LogP contribution in [0, 0.1) is 6.92 Å². The van der Waals surface area contributed by atoms with E-state index < -0.39 is 0 Å². The number of hydrogen-bond donors (Lipinski definition) is 1. The molecule has 0 fully saturated rings. The first kappa shape index (κ1) is 17.5. The summed E-state index contributed by atoms with van der Waals surface area (Å²) in [5, 5.41) is 2.94. The van der Waals surface area contributed by atoms with Crippen LogP contribution in [0.1, 0.15) is 32.3 Å². The number of amides is 1. The summed E-state index contributed by atoms with van der Waals surface area (Å²) in [4.78, 5) is 14.0. The Bertz CT molecular complexity index is 400. The Kier molecular flexibility index (Phi) is 8.51. The van der Waals surface area contributed by atoms with E-state index in [0.717, 1.165) is 38.3 Å². The normalized spacial score (nSPS) is 10.7. The monoisotopic (exact) mass is 292 g/mol. The molecular weight excluding hydrogens is 264 g/mol. The third kappa shape index (κ3) is 7.71. The Labute approximate surface area is 128 Å². The molecule has 0 unspecified atom stereocenters. The molecule has 1 N–H and O–H groups in total. The molecule has 4 nitrogen and oxygen atoms in total. The van der Waals surface area contributed by atoms with Gasteiger partial charge in [-0.25, -0.2) is 0 Å². The van der Waals surface area contributed by atoms with Gasteiger partial charge in [-0.3, -0.25) is 4.79 Å². The zero-order valence-electron chi connectivity index (χ0n) is 13.5. The van der Waals surface area contributed by atoms with Crippen LogP contribution in [-0.2, 0) is 4.79 Å². The maximum Gasteiger partial charge on any atom is 0.223 e. The van der Waals surface area contributed by atoms with Crippen molar-refractivity contribution in [3.05, 3.63) is 29.8 Å². The van der Waals surface area contributed by atoms with Gasteiger partial charge in [-0.05, 0) is 45.1 Å². The average Bonchev–Trinajstić information content (AvgIpc) is 2.49. The summed E-state index contributed by atoms with van der Waals surface area (Å²) in [6.45, 7) is 10.7. The van der Waals surface area contributed by atoms with Gasteiger partial charge in [-0.1, -0.05) is 31.5 Å². The molecule has 0 aromatic heterocycles. The molecule has 0 aliphatic rings. The highest BCUT2D eigenvalue weighted by molar-refractivity contribution is 5.75. The molecule has 0 heterocycles. The summed E-state index contributed by atoms with van der Waals surface area (Å²) in [5.41, 5.74) is 1.20. The zero-order valence-corrected chi connectivity index (χ0v) is 13.5. The first-order valence-corrected chi connectivity index (χ1v) is 7.84. The highest BCUT2D eigenvalue weighted by atomic mass is 16.5. The van der Waals surface area contributed by atoms with Gasteiger partial charge in [0.2, 0.25) is 5.91 Å². The lowest BCUT2D eigenvalue weighted by molar-refractivity contribution is -0.121. The van der Waals surface area contributed by atoms with E-state index >= 15 is 0 Å². The van der Waals surface area contributed by atoms with Crippen LogP contribution in [0.25, 0.3) is 0 Å². The number of aryl methyl sites for hydroxylation is 1. The molecule has 0 saturated carbocycles. The van der Waals surface area contributed by atoms with E-state index in [-0.39, 0.29) is 5.91 Å². The third-order valence-corrected chi connectivity index (χ3v) is 3.49. The molecule has 0 atom stereocenters. The second-order valence-electron chi connectivity index (χ2n) is 5.14. The second-order valence-corrected chi connectivity index (χ2v) is 5.14. The number of carbonyl (C=O) groups is 1. The van der Waals surface area contributed by atoms with Crippen molar-refractivity contribution in [3.8, 4) is 5.75 Å². The topological polar surface area (TPSA) is 41.6 Å². The SMILES string of the molecule is CCN(CC)CCCNC(=O)CCOc1ccc(C)cc1. The average molecular weight is 292 g/mol. The van der Waals surface area contributed by atoms with E-state index in [2.05, 4.69) is 24.1 Å². The standard InChI is InChI=1S/C17H28N2O2/c1-4-19(5-2)13-6-12-18-17(20)11-14-21-16-9-7-15(3)8-10-16/h7-10H,4-6,11-14H2,1-3H3,(H,18,20). The molecule has 0 aliphatic carbocycles. The predicted octanol–water partition coefficient (Wildman–Crippen LogP) is 2.61. The number of rotatable bonds is 10. The van der Waals surface area contributed by atoms with Crippen LogP contribution in [0.4, 0.5) is 0 Å². The van der Waals surface area contributed by atoms with Crippen LogP contribution in [-0.4, -0.2) is 43.6 Å². The molecule has 1 aromatic carbocycles. The van der Waals surface area contributed by atoms with Gasteiger partial charge in [-0.15, -0.1) is 0 Å². The van der Waals surface area contributed by atoms with Crippen LogP contribution in [0.3, 0.4) is 0 Å². The summed E-state index contributed by atoms with van der Waals surface area (Å²) < 4.78 is 5.54. The summed E-state index contributed by atoms with van der Waals surface area (Å²) in [5.74, 6) is 0.872. The Morgan fingerprint density at radius 2 is 1.86 bits per heavy atom. The smallest absolute Gasteiger partial charge is 0.223 e. The molecule has 1 aromatic rings. The Morgan fingerprint density at radius 3 is 2.48 bits per heavy atom. The largest absolute Gasteiger partial charge is 0.493 e. The van der Waals surface area contributed by atoms with Gasteiger partial charge in [0.15, 0.2) is 0 Å². The molecule has 1 amide bonds. The fourth-order valence-electron chi connectivity index (χ4n) is 2.05. The molecule has 4 heteroatoms. The maximum absolute atomic E-state index is 11.7. The van der Waals surface area contributed by atoms with Crippen molar-refractivity contribution in [2.75, 3.05) is 32.8 Å². The molecular formula is C17H28N2O2. The lowest BCUT2D eigenvalue weighted by Crippen LogP contribution is -2.30. The summed E-state index contributed by atoms with van der Waals surface area (Å²) in [6, 6.07) is 7.86. The van der Waals surface area contributed by atoms with Gasteiger partial charge in [-0.2, -0.15) is 0 Å². The number of ether oxygens (including phenoxy) is 1. The molecule has 118 valence electrons. The minimum absolute atomic E-state index is 0.0571. The third-order valence-electron chi connectivity index (χ3n) is 3.49. The predicted molar refractivity (Wildman–Crippen MR) is 86.7 cm³/mol. The minimum atomic E-state index is 0.0571. The molecule has 21 heavy (non-hydrogen) atoms. The summed E-state index contributed by atoms with van der Waals surface area (Å²) >= 11 is 0. The minimum Gasteiger partial charge on any atom is -0.493 e. The Morgan fingerprint density at radius 1 is 1.19 bits per heavy atom. The van der Waals surface area contributed by atoms with Crippen molar-refractivity contribution in [3.63, 3.8) is 0 Å². The first-order chi connectivity index (χ1) is 10.2. The fraction of sp³-hybridized carbons (Fsp3) is 0.588. The van der Waals surface area contributed by atoms with Crippen molar-refractivity contribution < 1.29 is 9.53 Å². The molecule has 0 saturated heterocycles. The lowest BCUT2D eigenvalue weighted by atomic mass is 10.2. The first-order valence-electron chi connectivity index (χ1n) is 7.84. The Hall–Kier alpha value is -1.55. The quantitative estimate of drug-likeness (QED) is 0.674. The fourth-order valence-corrected chi connectivity index (χ4v) is 2.05. The van der Waals surface area contributed by atoms with Crippen molar-refractivity contribution in [1.82, 2.24) is 10.2 Å². The molecule has 1 rings (SSSR count). The van der Waals surface area contributed by atoms with Crippen molar-refractivity contribution in [2.24, 2.45) is 0 Å². The van der Waals surface area contributed by atoms with Crippen molar-refractivity contribution in [2.45, 2.75) is 33.6 Å². The second kappa shape index (κ2) is 10.2. The van der Waals surface area contributed by atoms with Crippen LogP contribution in [0.2, 0.25) is 0 Å². The van der Waals surface area contributed by atoms with E-state index in [0.29, 0.717) is 13.0 Å². The van der Waals surface area contributed by atoms with E-state index in [4.69, 9.17) is 4.74 Å². The Balaban J connectivity index is 2.07. The van der Waals surface area contributed by atoms with Crippen molar-refractivity contribution >= 4 is 5.91 Å². The van der Waals surface area contributed by atoms with Gasteiger partial charge < -0.3 is 15.0 Å². The number of nitrogens with one attached hydrogen (secondary N) is 1. The molecule has 0 bridgehead atoms. The number of nitrogens with zero attached hydrogens (tertiary/aromatic N) is 1. The van der Waals surface area contributed by atoms with Crippen LogP contribution in [0.15, 0.2) is 24.3 Å².